The van der Waals surface area contributed by atoms with Crippen LogP contribution < -0.4 is 10.1 Å². The van der Waals surface area contributed by atoms with Crippen molar-refractivity contribution in [2.75, 3.05) is 18.2 Å². The van der Waals surface area contributed by atoms with Gasteiger partial charge in [0.1, 0.15) is 5.75 Å². The Kier molecular flexibility index (Phi) is 5.62. The molecular weight excluding hydrogens is 326 g/mol. The molecule has 24 heavy (non-hydrogen) atoms. The minimum absolute atomic E-state index is 0.0955. The molecule has 0 heterocycles. The molecule has 1 amide bonds. The van der Waals surface area contributed by atoms with E-state index in [9.17, 15) is 13.2 Å². The topological polar surface area (TPSA) is 72.5 Å². The Hall–Kier alpha value is -2.34. The number of anilines is 1. The molecular formula is C18H21NO4S. The molecule has 0 spiro atoms. The van der Waals surface area contributed by atoms with Gasteiger partial charge in [-0.3, -0.25) is 4.79 Å². The summed E-state index contributed by atoms with van der Waals surface area (Å²) in [5.41, 5.74) is 2.68. The van der Waals surface area contributed by atoms with Crippen molar-refractivity contribution in [1.82, 2.24) is 0 Å². The molecule has 128 valence electrons. The van der Waals surface area contributed by atoms with Crippen LogP contribution in [0, 0.1) is 13.8 Å². The second-order valence-corrected chi connectivity index (χ2v) is 7.72. The lowest BCUT2D eigenvalue weighted by atomic mass is 10.1. The highest BCUT2D eigenvalue weighted by atomic mass is 32.2. The third-order valence-electron chi connectivity index (χ3n) is 3.68. The number of sulfone groups is 1. The first kappa shape index (κ1) is 18.0. The summed E-state index contributed by atoms with van der Waals surface area (Å²) in [5.74, 6) is 0.0261. The summed E-state index contributed by atoms with van der Waals surface area (Å²) < 4.78 is 29.6. The molecule has 0 bridgehead atoms. The molecule has 0 aliphatic rings. The number of hydrogen-bond acceptors (Lipinski definition) is 4. The zero-order valence-corrected chi connectivity index (χ0v) is 14.8. The largest absolute Gasteiger partial charge is 0.497 e. The lowest BCUT2D eigenvalue weighted by Gasteiger charge is -2.10. The summed E-state index contributed by atoms with van der Waals surface area (Å²) in [4.78, 5) is 12.2. The maximum atomic E-state index is 12.3. The lowest BCUT2D eigenvalue weighted by molar-refractivity contribution is -0.115. The number of aryl methyl sites for hydroxylation is 2. The summed E-state index contributed by atoms with van der Waals surface area (Å²) in [6.45, 7) is 3.83. The average Bonchev–Trinajstić information content (AvgIpc) is 2.56. The van der Waals surface area contributed by atoms with E-state index in [0.29, 0.717) is 11.4 Å². The van der Waals surface area contributed by atoms with E-state index in [4.69, 9.17) is 4.74 Å². The second-order valence-electron chi connectivity index (χ2n) is 5.61. The first-order chi connectivity index (χ1) is 11.3. The number of carbonyl (C=O) groups is 1. The number of nitrogens with one attached hydrogen (secondary N) is 1. The SMILES string of the molecule is COc1ccc(S(=O)(=O)CCC(=O)Nc2cc(C)ccc2C)cc1. The Morgan fingerprint density at radius 1 is 1.08 bits per heavy atom. The van der Waals surface area contributed by atoms with Crippen LogP contribution in [0.5, 0.6) is 5.75 Å². The van der Waals surface area contributed by atoms with E-state index in [1.807, 2.05) is 32.0 Å². The Morgan fingerprint density at radius 2 is 1.75 bits per heavy atom. The predicted molar refractivity (Wildman–Crippen MR) is 94.2 cm³/mol. The standard InChI is InChI=1S/C18H21NO4S/c1-13-4-5-14(2)17(12-13)19-18(20)10-11-24(21,22)16-8-6-15(23-3)7-9-16/h4-9,12H,10-11H2,1-3H3,(H,19,20). The number of hydrogen-bond donors (Lipinski definition) is 1. The van der Waals surface area contributed by atoms with Crippen molar-refractivity contribution in [3.8, 4) is 5.75 Å². The van der Waals surface area contributed by atoms with Crippen LogP contribution >= 0.6 is 0 Å². The maximum absolute atomic E-state index is 12.3. The van der Waals surface area contributed by atoms with E-state index in [0.717, 1.165) is 11.1 Å². The molecule has 0 aliphatic carbocycles. The fraction of sp³-hybridized carbons (Fsp3) is 0.278. The van der Waals surface area contributed by atoms with Crippen molar-refractivity contribution in [2.45, 2.75) is 25.2 Å². The molecule has 0 saturated heterocycles. The Labute approximate surface area is 142 Å². The van der Waals surface area contributed by atoms with Crippen LogP contribution in [0.3, 0.4) is 0 Å². The van der Waals surface area contributed by atoms with Crippen LogP contribution in [0.4, 0.5) is 5.69 Å². The van der Waals surface area contributed by atoms with Gasteiger partial charge in [0.15, 0.2) is 9.84 Å². The van der Waals surface area contributed by atoms with Gasteiger partial charge in [-0.15, -0.1) is 0 Å². The van der Waals surface area contributed by atoms with Crippen molar-refractivity contribution in [1.29, 1.82) is 0 Å². The van der Waals surface area contributed by atoms with Gasteiger partial charge in [-0.2, -0.15) is 0 Å². The predicted octanol–water partition coefficient (Wildman–Crippen LogP) is 3.11. The smallest absolute Gasteiger partial charge is 0.225 e. The molecule has 0 aliphatic heterocycles. The highest BCUT2D eigenvalue weighted by Gasteiger charge is 2.17. The lowest BCUT2D eigenvalue weighted by Crippen LogP contribution is -2.18. The van der Waals surface area contributed by atoms with Crippen LogP contribution in [-0.4, -0.2) is 27.2 Å². The minimum atomic E-state index is -3.51. The summed E-state index contributed by atoms with van der Waals surface area (Å²) >= 11 is 0. The van der Waals surface area contributed by atoms with Crippen LogP contribution in [-0.2, 0) is 14.6 Å². The normalized spacial score (nSPS) is 11.1. The number of ether oxygens (including phenoxy) is 1. The first-order valence-corrected chi connectivity index (χ1v) is 9.21. The number of benzene rings is 2. The second kappa shape index (κ2) is 7.49. The highest BCUT2D eigenvalue weighted by Crippen LogP contribution is 2.19. The van der Waals surface area contributed by atoms with Gasteiger partial charge in [0.05, 0.1) is 17.8 Å². The molecule has 0 aromatic heterocycles. The monoisotopic (exact) mass is 347 g/mol. The van der Waals surface area contributed by atoms with Crippen LogP contribution in [0.15, 0.2) is 47.4 Å². The van der Waals surface area contributed by atoms with Crippen LogP contribution in [0.1, 0.15) is 17.5 Å². The first-order valence-electron chi connectivity index (χ1n) is 7.56. The fourth-order valence-corrected chi connectivity index (χ4v) is 3.45. The molecule has 2 aromatic rings. The number of rotatable bonds is 6. The molecule has 6 heteroatoms. The van der Waals surface area contributed by atoms with Crippen LogP contribution in [0.25, 0.3) is 0 Å². The fourth-order valence-electron chi connectivity index (χ4n) is 2.21. The van der Waals surface area contributed by atoms with E-state index in [1.165, 1.54) is 19.2 Å². The summed E-state index contributed by atoms with van der Waals surface area (Å²) in [6, 6.07) is 11.9. The van der Waals surface area contributed by atoms with Gasteiger partial charge < -0.3 is 10.1 Å². The van der Waals surface area contributed by atoms with Crippen molar-refractivity contribution in [3.63, 3.8) is 0 Å². The summed E-state index contributed by atoms with van der Waals surface area (Å²) in [5, 5.41) is 2.77. The third-order valence-corrected chi connectivity index (χ3v) is 5.42. The number of carbonyl (C=O) groups excluding carboxylic acids is 1. The molecule has 2 rings (SSSR count). The molecule has 2 aromatic carbocycles. The Balaban J connectivity index is 2.00. The molecule has 0 unspecified atom stereocenters. The van der Waals surface area contributed by atoms with E-state index >= 15 is 0 Å². The minimum Gasteiger partial charge on any atom is -0.497 e. The van der Waals surface area contributed by atoms with E-state index in [2.05, 4.69) is 5.32 Å². The zero-order chi connectivity index (χ0) is 17.7. The zero-order valence-electron chi connectivity index (χ0n) is 14.0. The Bertz CT molecular complexity index is 827. The van der Waals surface area contributed by atoms with Gasteiger partial charge in [-0.1, -0.05) is 12.1 Å². The molecule has 0 atom stereocenters. The molecule has 5 nitrogen and oxygen atoms in total. The molecule has 0 fully saturated rings. The summed E-state index contributed by atoms with van der Waals surface area (Å²) in [6.07, 6.45) is -0.0955. The van der Waals surface area contributed by atoms with Crippen molar-refractivity contribution < 1.29 is 17.9 Å². The van der Waals surface area contributed by atoms with Crippen molar-refractivity contribution in [3.05, 3.63) is 53.6 Å². The van der Waals surface area contributed by atoms with Crippen LogP contribution in [0.2, 0.25) is 0 Å². The van der Waals surface area contributed by atoms with E-state index < -0.39 is 9.84 Å². The van der Waals surface area contributed by atoms with Crippen molar-refractivity contribution >= 4 is 21.4 Å². The van der Waals surface area contributed by atoms with Gasteiger partial charge in [0.2, 0.25) is 5.91 Å². The highest BCUT2D eigenvalue weighted by molar-refractivity contribution is 7.91. The van der Waals surface area contributed by atoms with Gasteiger partial charge in [-0.05, 0) is 55.3 Å². The Morgan fingerprint density at radius 3 is 2.38 bits per heavy atom. The number of methoxy groups -OCH3 is 1. The number of amides is 1. The van der Waals surface area contributed by atoms with Gasteiger partial charge in [0.25, 0.3) is 0 Å². The molecule has 1 N–H and O–H groups in total. The maximum Gasteiger partial charge on any atom is 0.225 e. The van der Waals surface area contributed by atoms with Gasteiger partial charge >= 0.3 is 0 Å². The van der Waals surface area contributed by atoms with E-state index in [-0.39, 0.29) is 23.0 Å². The molecule has 0 saturated carbocycles. The van der Waals surface area contributed by atoms with Crippen molar-refractivity contribution in [2.24, 2.45) is 0 Å². The average molecular weight is 347 g/mol. The summed E-state index contributed by atoms with van der Waals surface area (Å²) in [7, 11) is -1.99. The molecule has 0 radical (unpaired) electrons. The van der Waals surface area contributed by atoms with Gasteiger partial charge in [-0.25, -0.2) is 8.42 Å². The third kappa shape index (κ3) is 4.58. The quantitative estimate of drug-likeness (QED) is 0.871. The van der Waals surface area contributed by atoms with E-state index in [1.54, 1.807) is 12.1 Å². The van der Waals surface area contributed by atoms with Gasteiger partial charge in [0, 0.05) is 12.1 Å².